The number of amides is 1. The Balaban J connectivity index is 3.91. The topological polar surface area (TPSA) is 110 Å². The second-order valence-corrected chi connectivity index (χ2v) is 13.3. The maximum Gasteiger partial charge on any atom is 0.249 e. The summed E-state index contributed by atoms with van der Waals surface area (Å²) in [5.74, 6) is -0.609. The van der Waals surface area contributed by atoms with Crippen molar-refractivity contribution in [3.63, 3.8) is 0 Å². The number of hydrogen-bond donors (Lipinski definition) is 5. The van der Waals surface area contributed by atoms with Gasteiger partial charge < -0.3 is 25.7 Å². The van der Waals surface area contributed by atoms with Gasteiger partial charge in [0, 0.05) is 0 Å². The van der Waals surface area contributed by atoms with Crippen LogP contribution in [0.2, 0.25) is 0 Å². The molecule has 0 aliphatic rings. The number of aliphatic hydroxyl groups is 4. The van der Waals surface area contributed by atoms with Crippen molar-refractivity contribution >= 4 is 5.91 Å². The van der Waals surface area contributed by atoms with Crippen LogP contribution < -0.4 is 5.32 Å². The van der Waals surface area contributed by atoms with Crippen molar-refractivity contribution < 1.29 is 25.2 Å². The molecule has 0 aromatic heterocycles. The Morgan fingerprint density at radius 2 is 0.957 bits per heavy atom. The minimum Gasteiger partial charge on any atom is -0.394 e. The van der Waals surface area contributed by atoms with Crippen LogP contribution in [0.1, 0.15) is 174 Å². The van der Waals surface area contributed by atoms with Crippen LogP contribution in [0, 0.1) is 0 Å². The highest BCUT2D eigenvalue weighted by atomic mass is 16.3. The smallest absolute Gasteiger partial charge is 0.249 e. The number of carbonyl (C=O) groups is 1. The van der Waals surface area contributed by atoms with Crippen molar-refractivity contribution in [1.82, 2.24) is 5.32 Å². The van der Waals surface area contributed by atoms with Gasteiger partial charge in [-0.05, 0) is 83.5 Å². The highest BCUT2D eigenvalue weighted by Crippen LogP contribution is 2.13. The van der Waals surface area contributed by atoms with E-state index in [1.54, 1.807) is 0 Å². The van der Waals surface area contributed by atoms with Crippen LogP contribution in [0.3, 0.4) is 0 Å². The van der Waals surface area contributed by atoms with E-state index in [-0.39, 0.29) is 0 Å². The first kappa shape index (κ1) is 45.3. The van der Waals surface area contributed by atoms with Crippen molar-refractivity contribution in [3.8, 4) is 0 Å². The van der Waals surface area contributed by atoms with Gasteiger partial charge in [0.25, 0.3) is 0 Å². The van der Waals surface area contributed by atoms with Gasteiger partial charge in [-0.15, -0.1) is 0 Å². The summed E-state index contributed by atoms with van der Waals surface area (Å²) in [6.45, 7) is 3.97. The standard InChI is InChI=1S/C41H75NO5/c1-3-5-7-9-11-13-15-17-19-21-23-25-27-29-31-33-35-39(45)41(47)42-37(36-43)40(46)38(44)34-32-30-28-26-24-22-20-18-16-14-12-10-8-6-4-2/h11,13,17-20,26,28,37-40,43-46H,3-10,12,14-16,21-25,27,29-36H2,1-2H3,(H,42,47)/b13-11-,19-17-,20-18+,28-26+. The van der Waals surface area contributed by atoms with E-state index in [0.717, 1.165) is 57.8 Å². The quantitative estimate of drug-likeness (QED) is 0.0349. The molecule has 0 saturated carbocycles. The van der Waals surface area contributed by atoms with Crippen molar-refractivity contribution in [2.75, 3.05) is 6.61 Å². The number of allylic oxidation sites excluding steroid dienone is 8. The first-order chi connectivity index (χ1) is 23.0. The lowest BCUT2D eigenvalue weighted by atomic mass is 10.00. The van der Waals surface area contributed by atoms with Crippen LogP contribution in [-0.4, -0.2) is 57.3 Å². The average molecular weight is 662 g/mol. The van der Waals surface area contributed by atoms with E-state index < -0.39 is 36.9 Å². The zero-order valence-electron chi connectivity index (χ0n) is 30.5. The Hall–Kier alpha value is -1.73. The lowest BCUT2D eigenvalue weighted by Gasteiger charge is -2.27. The van der Waals surface area contributed by atoms with Crippen LogP contribution >= 0.6 is 0 Å². The molecule has 0 radical (unpaired) electrons. The van der Waals surface area contributed by atoms with Gasteiger partial charge in [0.15, 0.2) is 0 Å². The highest BCUT2D eigenvalue weighted by Gasteiger charge is 2.28. The van der Waals surface area contributed by atoms with Crippen LogP contribution in [0.5, 0.6) is 0 Å². The number of carbonyl (C=O) groups excluding carboxylic acids is 1. The van der Waals surface area contributed by atoms with E-state index in [9.17, 15) is 25.2 Å². The van der Waals surface area contributed by atoms with Crippen molar-refractivity contribution in [1.29, 1.82) is 0 Å². The Morgan fingerprint density at radius 3 is 1.51 bits per heavy atom. The Labute approximate surface area is 289 Å². The first-order valence-corrected chi connectivity index (χ1v) is 19.5. The molecule has 47 heavy (non-hydrogen) atoms. The Morgan fingerprint density at radius 1 is 0.532 bits per heavy atom. The lowest BCUT2D eigenvalue weighted by Crippen LogP contribution is -2.53. The van der Waals surface area contributed by atoms with Crippen molar-refractivity contribution in [3.05, 3.63) is 48.6 Å². The molecule has 5 N–H and O–H groups in total. The van der Waals surface area contributed by atoms with E-state index in [4.69, 9.17) is 0 Å². The number of aliphatic hydroxyl groups excluding tert-OH is 4. The summed E-state index contributed by atoms with van der Waals surface area (Å²) in [6, 6.07) is -1.01. The number of rotatable bonds is 34. The fourth-order valence-corrected chi connectivity index (χ4v) is 5.57. The first-order valence-electron chi connectivity index (χ1n) is 19.5. The third-order valence-corrected chi connectivity index (χ3v) is 8.74. The van der Waals surface area contributed by atoms with Crippen LogP contribution in [0.15, 0.2) is 48.6 Å². The zero-order chi connectivity index (χ0) is 34.6. The zero-order valence-corrected chi connectivity index (χ0v) is 30.5. The number of unbranched alkanes of at least 4 members (excludes halogenated alkanes) is 17. The summed E-state index contributed by atoms with van der Waals surface area (Å²) in [7, 11) is 0. The third-order valence-electron chi connectivity index (χ3n) is 8.74. The summed E-state index contributed by atoms with van der Waals surface area (Å²) in [5, 5.41) is 43.5. The molecule has 0 aliphatic carbocycles. The molecule has 0 heterocycles. The number of hydrogen-bond acceptors (Lipinski definition) is 5. The van der Waals surface area contributed by atoms with Gasteiger partial charge in [-0.3, -0.25) is 4.79 Å². The average Bonchev–Trinajstić information content (AvgIpc) is 3.07. The minimum absolute atomic E-state index is 0.346. The van der Waals surface area contributed by atoms with E-state index >= 15 is 0 Å². The van der Waals surface area contributed by atoms with Crippen LogP contribution in [-0.2, 0) is 4.79 Å². The molecule has 6 heteroatoms. The maximum absolute atomic E-state index is 12.4. The fraction of sp³-hybridized carbons (Fsp3) is 0.780. The normalized spacial score (nSPS) is 14.9. The largest absolute Gasteiger partial charge is 0.394 e. The Bertz CT molecular complexity index is 793. The van der Waals surface area contributed by atoms with Gasteiger partial charge >= 0.3 is 0 Å². The predicted octanol–water partition coefficient (Wildman–Crippen LogP) is 9.56. The number of nitrogens with one attached hydrogen (secondary N) is 1. The summed E-state index contributed by atoms with van der Waals surface area (Å²) < 4.78 is 0. The summed E-state index contributed by atoms with van der Waals surface area (Å²) in [4.78, 5) is 12.4. The molecule has 0 aromatic rings. The summed E-state index contributed by atoms with van der Waals surface area (Å²) in [5.41, 5.74) is 0. The van der Waals surface area contributed by atoms with Gasteiger partial charge in [-0.2, -0.15) is 0 Å². The lowest BCUT2D eigenvalue weighted by molar-refractivity contribution is -0.132. The second kappa shape index (κ2) is 35.6. The minimum atomic E-state index is -1.29. The highest BCUT2D eigenvalue weighted by molar-refractivity contribution is 5.80. The monoisotopic (exact) mass is 662 g/mol. The van der Waals surface area contributed by atoms with Gasteiger partial charge in [0.1, 0.15) is 12.2 Å². The van der Waals surface area contributed by atoms with Gasteiger partial charge in [0.05, 0.1) is 18.8 Å². The molecule has 4 atom stereocenters. The van der Waals surface area contributed by atoms with Gasteiger partial charge in [-0.1, -0.05) is 140 Å². The molecular weight excluding hydrogens is 586 g/mol. The molecule has 0 bridgehead atoms. The van der Waals surface area contributed by atoms with Crippen molar-refractivity contribution in [2.24, 2.45) is 0 Å². The third kappa shape index (κ3) is 30.1. The Kier molecular flexibility index (Phi) is 34.3. The van der Waals surface area contributed by atoms with Gasteiger partial charge in [-0.25, -0.2) is 0 Å². The SMILES string of the molecule is CCCCC/C=C\C/C=C\CCCCCCCCC(O)C(=O)NC(CO)C(O)C(O)CCC/C=C/CC/C=C/CCCCCCCC. The molecule has 0 spiro atoms. The summed E-state index contributed by atoms with van der Waals surface area (Å²) >= 11 is 0. The predicted molar refractivity (Wildman–Crippen MR) is 200 cm³/mol. The molecule has 4 unspecified atom stereocenters. The van der Waals surface area contributed by atoms with E-state index in [1.807, 2.05) is 0 Å². The van der Waals surface area contributed by atoms with E-state index in [1.165, 1.54) is 83.5 Å². The molecule has 6 nitrogen and oxygen atoms in total. The molecule has 274 valence electrons. The van der Waals surface area contributed by atoms with Crippen LogP contribution in [0.4, 0.5) is 0 Å². The van der Waals surface area contributed by atoms with E-state index in [0.29, 0.717) is 19.3 Å². The fourth-order valence-electron chi connectivity index (χ4n) is 5.57. The molecule has 0 saturated heterocycles. The van der Waals surface area contributed by atoms with E-state index in [2.05, 4.69) is 67.8 Å². The molecule has 0 aliphatic heterocycles. The van der Waals surface area contributed by atoms with Gasteiger partial charge in [0.2, 0.25) is 5.91 Å². The molecule has 0 aromatic carbocycles. The van der Waals surface area contributed by atoms with Crippen molar-refractivity contribution in [2.45, 2.75) is 199 Å². The molecule has 1 amide bonds. The van der Waals surface area contributed by atoms with Crippen LogP contribution in [0.25, 0.3) is 0 Å². The molecular formula is C41H75NO5. The molecule has 0 fully saturated rings. The maximum atomic E-state index is 12.4. The molecule has 0 rings (SSSR count). The summed E-state index contributed by atoms with van der Waals surface area (Å²) in [6.07, 6.45) is 41.2. The second-order valence-electron chi connectivity index (χ2n) is 13.3.